The highest BCUT2D eigenvalue weighted by atomic mass is 16.3. The van der Waals surface area contributed by atoms with Gasteiger partial charge in [-0.1, -0.05) is 20.8 Å². The zero-order valence-corrected chi connectivity index (χ0v) is 11.7. The molecule has 1 unspecified atom stereocenters. The molecule has 0 amide bonds. The third-order valence-electron chi connectivity index (χ3n) is 2.87. The van der Waals surface area contributed by atoms with Gasteiger partial charge in [0.15, 0.2) is 0 Å². The van der Waals surface area contributed by atoms with E-state index in [2.05, 4.69) is 45.0 Å². The van der Waals surface area contributed by atoms with Crippen LogP contribution in [-0.2, 0) is 0 Å². The number of hydrogen-bond acceptors (Lipinski definition) is 3. The molecule has 0 aliphatic carbocycles. The van der Waals surface area contributed by atoms with Crippen LogP contribution < -0.4 is 5.32 Å². The van der Waals surface area contributed by atoms with Crippen LogP contribution in [-0.4, -0.2) is 48.8 Å². The van der Waals surface area contributed by atoms with Gasteiger partial charge < -0.3 is 15.3 Å². The van der Waals surface area contributed by atoms with Crippen LogP contribution in [0.3, 0.4) is 0 Å². The van der Waals surface area contributed by atoms with Crippen LogP contribution in [0.15, 0.2) is 0 Å². The highest BCUT2D eigenvalue weighted by molar-refractivity contribution is 4.83. The van der Waals surface area contributed by atoms with E-state index in [1.54, 1.807) is 0 Å². The maximum Gasteiger partial charge on any atom is 0.0611 e. The molecule has 3 heteroatoms. The minimum atomic E-state index is -0.124. The molecule has 1 atom stereocenters. The minimum Gasteiger partial charge on any atom is -0.394 e. The molecular weight excluding hydrogens is 200 g/mol. The standard InChI is InChI=1S/C13H30N2O/c1-6-8-14-13(4,11-16)7-9-15(5)10-12(2)3/h12,14,16H,6-11H2,1-5H3. The summed E-state index contributed by atoms with van der Waals surface area (Å²) in [5.41, 5.74) is -0.124. The van der Waals surface area contributed by atoms with Crippen molar-refractivity contribution in [3.05, 3.63) is 0 Å². The Labute approximate surface area is 101 Å². The normalized spacial score (nSPS) is 15.8. The van der Waals surface area contributed by atoms with Gasteiger partial charge in [-0.2, -0.15) is 0 Å². The number of aliphatic hydroxyl groups excluding tert-OH is 1. The Balaban J connectivity index is 3.92. The molecule has 2 N–H and O–H groups in total. The minimum absolute atomic E-state index is 0.124. The van der Waals surface area contributed by atoms with E-state index in [0.29, 0.717) is 5.92 Å². The second-order valence-electron chi connectivity index (χ2n) is 5.55. The third kappa shape index (κ3) is 7.20. The van der Waals surface area contributed by atoms with Crippen LogP contribution in [0.25, 0.3) is 0 Å². The van der Waals surface area contributed by atoms with Gasteiger partial charge in [0, 0.05) is 12.1 Å². The van der Waals surface area contributed by atoms with Crippen LogP contribution >= 0.6 is 0 Å². The van der Waals surface area contributed by atoms with E-state index in [-0.39, 0.29) is 12.1 Å². The molecule has 0 aromatic carbocycles. The molecule has 0 radical (unpaired) electrons. The zero-order valence-electron chi connectivity index (χ0n) is 11.7. The van der Waals surface area contributed by atoms with Gasteiger partial charge in [-0.05, 0) is 45.8 Å². The molecule has 0 spiro atoms. The summed E-state index contributed by atoms with van der Waals surface area (Å²) in [4.78, 5) is 2.34. The van der Waals surface area contributed by atoms with Crippen LogP contribution in [0, 0.1) is 5.92 Å². The van der Waals surface area contributed by atoms with E-state index in [4.69, 9.17) is 0 Å². The van der Waals surface area contributed by atoms with Gasteiger partial charge in [-0.25, -0.2) is 0 Å². The van der Waals surface area contributed by atoms with Crippen molar-refractivity contribution in [2.75, 3.05) is 33.3 Å². The third-order valence-corrected chi connectivity index (χ3v) is 2.87. The Morgan fingerprint density at radius 3 is 2.44 bits per heavy atom. The summed E-state index contributed by atoms with van der Waals surface area (Å²) in [7, 11) is 2.15. The first-order chi connectivity index (χ1) is 7.43. The fraction of sp³-hybridized carbons (Fsp3) is 1.00. The molecule has 3 nitrogen and oxygen atoms in total. The van der Waals surface area contributed by atoms with Crippen LogP contribution in [0.4, 0.5) is 0 Å². The Kier molecular flexibility index (Phi) is 7.98. The molecule has 98 valence electrons. The summed E-state index contributed by atoms with van der Waals surface area (Å²) in [5.74, 6) is 0.703. The number of rotatable bonds is 9. The lowest BCUT2D eigenvalue weighted by molar-refractivity contribution is 0.149. The Morgan fingerprint density at radius 1 is 1.38 bits per heavy atom. The van der Waals surface area contributed by atoms with Gasteiger partial charge in [-0.15, -0.1) is 0 Å². The van der Waals surface area contributed by atoms with Gasteiger partial charge in [0.25, 0.3) is 0 Å². The summed E-state index contributed by atoms with van der Waals surface area (Å²) in [6.45, 7) is 12.1. The maximum atomic E-state index is 9.43. The molecule has 0 aromatic rings. The molecular formula is C13H30N2O. The SMILES string of the molecule is CCCNC(C)(CO)CCN(C)CC(C)C. The fourth-order valence-corrected chi connectivity index (χ4v) is 1.80. The molecule has 0 saturated heterocycles. The number of hydrogen-bond donors (Lipinski definition) is 2. The molecule has 0 aromatic heterocycles. The lowest BCUT2D eigenvalue weighted by Gasteiger charge is -2.31. The zero-order chi connectivity index (χ0) is 12.6. The second kappa shape index (κ2) is 8.04. The number of nitrogens with one attached hydrogen (secondary N) is 1. The van der Waals surface area contributed by atoms with Gasteiger partial charge in [-0.3, -0.25) is 0 Å². The van der Waals surface area contributed by atoms with E-state index in [1.165, 1.54) is 0 Å². The van der Waals surface area contributed by atoms with Crippen molar-refractivity contribution >= 4 is 0 Å². The molecule has 0 bridgehead atoms. The van der Waals surface area contributed by atoms with Crippen molar-refractivity contribution in [1.82, 2.24) is 10.2 Å². The van der Waals surface area contributed by atoms with E-state index < -0.39 is 0 Å². The van der Waals surface area contributed by atoms with Crippen molar-refractivity contribution in [2.24, 2.45) is 5.92 Å². The summed E-state index contributed by atoms with van der Waals surface area (Å²) >= 11 is 0. The number of aliphatic hydroxyl groups is 1. The first-order valence-corrected chi connectivity index (χ1v) is 6.48. The first kappa shape index (κ1) is 15.9. The van der Waals surface area contributed by atoms with Gasteiger partial charge in [0.05, 0.1) is 6.61 Å². The van der Waals surface area contributed by atoms with Gasteiger partial charge in [0.1, 0.15) is 0 Å². The van der Waals surface area contributed by atoms with Crippen molar-refractivity contribution in [3.8, 4) is 0 Å². The molecule has 0 rings (SSSR count). The molecule has 0 heterocycles. The molecule has 16 heavy (non-hydrogen) atoms. The van der Waals surface area contributed by atoms with Crippen molar-refractivity contribution in [3.63, 3.8) is 0 Å². The van der Waals surface area contributed by atoms with Gasteiger partial charge in [0.2, 0.25) is 0 Å². The van der Waals surface area contributed by atoms with E-state index >= 15 is 0 Å². The highest BCUT2D eigenvalue weighted by Crippen LogP contribution is 2.10. The molecule has 0 aliphatic rings. The predicted molar refractivity (Wildman–Crippen MR) is 70.7 cm³/mol. The highest BCUT2D eigenvalue weighted by Gasteiger charge is 2.22. The monoisotopic (exact) mass is 230 g/mol. The van der Waals surface area contributed by atoms with Crippen LogP contribution in [0.1, 0.15) is 40.5 Å². The Morgan fingerprint density at radius 2 is 2.00 bits per heavy atom. The second-order valence-corrected chi connectivity index (χ2v) is 5.55. The summed E-state index contributed by atoms with van der Waals surface area (Å²) in [6, 6.07) is 0. The topological polar surface area (TPSA) is 35.5 Å². The smallest absolute Gasteiger partial charge is 0.0611 e. The summed E-state index contributed by atoms with van der Waals surface area (Å²) < 4.78 is 0. The van der Waals surface area contributed by atoms with E-state index in [1.807, 2.05) is 0 Å². The lowest BCUT2D eigenvalue weighted by atomic mass is 9.98. The predicted octanol–water partition coefficient (Wildman–Crippen LogP) is 1.71. The quantitative estimate of drug-likeness (QED) is 0.633. The maximum absolute atomic E-state index is 9.43. The van der Waals surface area contributed by atoms with Crippen molar-refractivity contribution in [1.29, 1.82) is 0 Å². The van der Waals surface area contributed by atoms with E-state index in [0.717, 1.165) is 32.5 Å². The first-order valence-electron chi connectivity index (χ1n) is 6.48. The lowest BCUT2D eigenvalue weighted by Crippen LogP contribution is -2.48. The Hall–Kier alpha value is -0.120. The summed E-state index contributed by atoms with van der Waals surface area (Å²) in [5, 5.41) is 12.9. The fourth-order valence-electron chi connectivity index (χ4n) is 1.80. The molecule has 0 aliphatic heterocycles. The van der Waals surface area contributed by atoms with Crippen molar-refractivity contribution in [2.45, 2.75) is 46.1 Å². The van der Waals surface area contributed by atoms with Crippen LogP contribution in [0.5, 0.6) is 0 Å². The number of nitrogens with zero attached hydrogens (tertiary/aromatic N) is 1. The largest absolute Gasteiger partial charge is 0.394 e. The van der Waals surface area contributed by atoms with Crippen molar-refractivity contribution < 1.29 is 5.11 Å². The molecule has 0 saturated carbocycles. The Bertz CT molecular complexity index is 173. The average Bonchev–Trinajstić information content (AvgIpc) is 2.23. The molecule has 0 fully saturated rings. The average molecular weight is 230 g/mol. The summed E-state index contributed by atoms with van der Waals surface area (Å²) in [6.07, 6.45) is 2.10. The van der Waals surface area contributed by atoms with Crippen LogP contribution in [0.2, 0.25) is 0 Å². The van der Waals surface area contributed by atoms with Gasteiger partial charge >= 0.3 is 0 Å². The van der Waals surface area contributed by atoms with E-state index in [9.17, 15) is 5.11 Å².